The van der Waals surface area contributed by atoms with Crippen molar-refractivity contribution >= 4 is 5.97 Å². The molecule has 0 aromatic carbocycles. The standard InChI is InChI=1S/C9H16O4/c1-7(9(10)11-2)13-6-8-4-3-5-12-8/h7-8H,3-6H2,1-2H3. The predicted molar refractivity (Wildman–Crippen MR) is 46.4 cm³/mol. The highest BCUT2D eigenvalue weighted by atomic mass is 16.6. The zero-order chi connectivity index (χ0) is 9.68. The zero-order valence-corrected chi connectivity index (χ0v) is 8.12. The van der Waals surface area contributed by atoms with Gasteiger partial charge in [-0.15, -0.1) is 0 Å². The fourth-order valence-electron chi connectivity index (χ4n) is 1.26. The molecule has 1 aliphatic heterocycles. The number of carbonyl (C=O) groups excluding carboxylic acids is 1. The van der Waals surface area contributed by atoms with Gasteiger partial charge in [0.1, 0.15) is 0 Å². The first-order valence-corrected chi connectivity index (χ1v) is 4.55. The quantitative estimate of drug-likeness (QED) is 0.610. The minimum absolute atomic E-state index is 0.159. The molecule has 1 saturated heterocycles. The van der Waals surface area contributed by atoms with Crippen molar-refractivity contribution in [2.75, 3.05) is 20.3 Å². The Balaban J connectivity index is 2.13. The normalized spacial score (nSPS) is 24.3. The Labute approximate surface area is 78.2 Å². The van der Waals surface area contributed by atoms with E-state index in [4.69, 9.17) is 9.47 Å². The van der Waals surface area contributed by atoms with E-state index in [0.29, 0.717) is 6.61 Å². The first-order chi connectivity index (χ1) is 6.24. The molecule has 0 aliphatic carbocycles. The Morgan fingerprint density at radius 1 is 1.69 bits per heavy atom. The van der Waals surface area contributed by atoms with Gasteiger partial charge in [-0.2, -0.15) is 0 Å². The Kier molecular flexibility index (Phi) is 4.18. The van der Waals surface area contributed by atoms with Crippen LogP contribution in [0.15, 0.2) is 0 Å². The predicted octanol–water partition coefficient (Wildman–Crippen LogP) is 0.743. The topological polar surface area (TPSA) is 44.8 Å². The lowest BCUT2D eigenvalue weighted by atomic mass is 10.2. The fourth-order valence-corrected chi connectivity index (χ4v) is 1.26. The van der Waals surface area contributed by atoms with Crippen molar-refractivity contribution in [1.29, 1.82) is 0 Å². The minimum atomic E-state index is -0.491. The molecule has 1 aliphatic rings. The first kappa shape index (κ1) is 10.5. The molecule has 1 rings (SSSR count). The Morgan fingerprint density at radius 3 is 3.00 bits per heavy atom. The monoisotopic (exact) mass is 188 g/mol. The van der Waals surface area contributed by atoms with Crippen LogP contribution in [0.5, 0.6) is 0 Å². The average molecular weight is 188 g/mol. The second-order valence-corrected chi connectivity index (χ2v) is 3.13. The highest BCUT2D eigenvalue weighted by Crippen LogP contribution is 2.12. The molecule has 1 heterocycles. The highest BCUT2D eigenvalue weighted by Gasteiger charge is 2.19. The second kappa shape index (κ2) is 5.19. The maximum absolute atomic E-state index is 10.9. The average Bonchev–Trinajstić information content (AvgIpc) is 2.65. The van der Waals surface area contributed by atoms with Crippen LogP contribution >= 0.6 is 0 Å². The molecule has 0 aromatic heterocycles. The third kappa shape index (κ3) is 3.32. The Morgan fingerprint density at radius 2 is 2.46 bits per heavy atom. The van der Waals surface area contributed by atoms with Crippen molar-refractivity contribution in [1.82, 2.24) is 0 Å². The van der Waals surface area contributed by atoms with Gasteiger partial charge in [-0.05, 0) is 19.8 Å². The van der Waals surface area contributed by atoms with Crippen LogP contribution in [-0.2, 0) is 19.0 Å². The van der Waals surface area contributed by atoms with E-state index in [9.17, 15) is 4.79 Å². The van der Waals surface area contributed by atoms with E-state index in [0.717, 1.165) is 19.4 Å². The van der Waals surface area contributed by atoms with E-state index in [1.165, 1.54) is 7.11 Å². The van der Waals surface area contributed by atoms with Gasteiger partial charge in [0.25, 0.3) is 0 Å². The molecule has 0 saturated carbocycles. The smallest absolute Gasteiger partial charge is 0.334 e. The van der Waals surface area contributed by atoms with E-state index >= 15 is 0 Å². The number of hydrogen-bond donors (Lipinski definition) is 0. The van der Waals surface area contributed by atoms with Crippen LogP contribution < -0.4 is 0 Å². The van der Waals surface area contributed by atoms with E-state index in [1.54, 1.807) is 6.92 Å². The van der Waals surface area contributed by atoms with E-state index in [1.807, 2.05) is 0 Å². The second-order valence-electron chi connectivity index (χ2n) is 3.13. The van der Waals surface area contributed by atoms with Gasteiger partial charge in [-0.3, -0.25) is 0 Å². The number of carbonyl (C=O) groups is 1. The zero-order valence-electron chi connectivity index (χ0n) is 8.12. The Hall–Kier alpha value is -0.610. The highest BCUT2D eigenvalue weighted by molar-refractivity contribution is 5.73. The number of ether oxygens (including phenoxy) is 3. The lowest BCUT2D eigenvalue weighted by Gasteiger charge is -2.13. The number of hydrogen-bond acceptors (Lipinski definition) is 4. The molecule has 0 aromatic rings. The molecule has 0 bridgehead atoms. The van der Waals surface area contributed by atoms with Crippen LogP contribution in [0.2, 0.25) is 0 Å². The van der Waals surface area contributed by atoms with Gasteiger partial charge in [0.05, 0.1) is 19.8 Å². The molecule has 4 heteroatoms. The molecule has 4 nitrogen and oxygen atoms in total. The van der Waals surface area contributed by atoms with Crippen LogP contribution in [0.25, 0.3) is 0 Å². The fraction of sp³-hybridized carbons (Fsp3) is 0.889. The van der Waals surface area contributed by atoms with Crippen LogP contribution in [0.1, 0.15) is 19.8 Å². The molecule has 1 fully saturated rings. The van der Waals surface area contributed by atoms with Crippen LogP contribution in [0.3, 0.4) is 0 Å². The van der Waals surface area contributed by atoms with Gasteiger partial charge in [-0.25, -0.2) is 4.79 Å². The van der Waals surface area contributed by atoms with Gasteiger partial charge in [-0.1, -0.05) is 0 Å². The maximum Gasteiger partial charge on any atom is 0.334 e. The van der Waals surface area contributed by atoms with Crippen molar-refractivity contribution in [2.24, 2.45) is 0 Å². The number of esters is 1. The summed E-state index contributed by atoms with van der Waals surface area (Å²) in [5.41, 5.74) is 0. The van der Waals surface area contributed by atoms with Crippen molar-refractivity contribution in [3.8, 4) is 0 Å². The number of rotatable bonds is 4. The largest absolute Gasteiger partial charge is 0.467 e. The van der Waals surface area contributed by atoms with Gasteiger partial charge in [0, 0.05) is 6.61 Å². The van der Waals surface area contributed by atoms with Gasteiger partial charge in [0.2, 0.25) is 0 Å². The molecule has 2 atom stereocenters. The third-order valence-electron chi connectivity index (χ3n) is 2.09. The molecular weight excluding hydrogens is 172 g/mol. The summed E-state index contributed by atoms with van der Waals surface area (Å²) in [7, 11) is 1.36. The Bertz CT molecular complexity index is 163. The summed E-state index contributed by atoms with van der Waals surface area (Å²) in [5.74, 6) is -0.335. The molecule has 2 unspecified atom stereocenters. The molecule has 0 amide bonds. The molecule has 13 heavy (non-hydrogen) atoms. The summed E-state index contributed by atoms with van der Waals surface area (Å²) < 4.78 is 15.1. The summed E-state index contributed by atoms with van der Waals surface area (Å²) in [6.45, 7) is 2.97. The lowest BCUT2D eigenvalue weighted by molar-refractivity contribution is -0.154. The van der Waals surface area contributed by atoms with Crippen molar-refractivity contribution in [3.05, 3.63) is 0 Å². The summed E-state index contributed by atoms with van der Waals surface area (Å²) in [5, 5.41) is 0. The SMILES string of the molecule is COC(=O)C(C)OCC1CCCO1. The first-order valence-electron chi connectivity index (χ1n) is 4.55. The molecular formula is C9H16O4. The minimum Gasteiger partial charge on any atom is -0.467 e. The summed E-state index contributed by atoms with van der Waals surface area (Å²) in [6, 6.07) is 0. The molecule has 0 N–H and O–H groups in total. The van der Waals surface area contributed by atoms with Gasteiger partial charge in [0.15, 0.2) is 6.10 Å². The van der Waals surface area contributed by atoms with Crippen molar-refractivity contribution in [2.45, 2.75) is 32.0 Å². The molecule has 0 radical (unpaired) electrons. The maximum atomic E-state index is 10.9. The summed E-state index contributed by atoms with van der Waals surface area (Å²) in [6.07, 6.45) is 1.77. The third-order valence-corrected chi connectivity index (χ3v) is 2.09. The molecule has 0 spiro atoms. The van der Waals surface area contributed by atoms with Gasteiger partial charge < -0.3 is 14.2 Å². The van der Waals surface area contributed by atoms with Crippen molar-refractivity contribution in [3.63, 3.8) is 0 Å². The summed E-state index contributed by atoms with van der Waals surface area (Å²) in [4.78, 5) is 10.9. The van der Waals surface area contributed by atoms with E-state index < -0.39 is 6.10 Å². The lowest BCUT2D eigenvalue weighted by Crippen LogP contribution is -2.26. The van der Waals surface area contributed by atoms with E-state index in [2.05, 4.69) is 4.74 Å². The van der Waals surface area contributed by atoms with Crippen LogP contribution in [0, 0.1) is 0 Å². The molecule has 76 valence electrons. The van der Waals surface area contributed by atoms with Crippen LogP contribution in [0.4, 0.5) is 0 Å². The van der Waals surface area contributed by atoms with Gasteiger partial charge >= 0.3 is 5.97 Å². The number of methoxy groups -OCH3 is 1. The van der Waals surface area contributed by atoms with Crippen molar-refractivity contribution < 1.29 is 19.0 Å². The van der Waals surface area contributed by atoms with E-state index in [-0.39, 0.29) is 12.1 Å². The van der Waals surface area contributed by atoms with Crippen LogP contribution in [-0.4, -0.2) is 38.5 Å². The summed E-state index contributed by atoms with van der Waals surface area (Å²) >= 11 is 0.